The van der Waals surface area contributed by atoms with Crippen LogP contribution in [-0.4, -0.2) is 49.2 Å². The van der Waals surface area contributed by atoms with Gasteiger partial charge >= 0.3 is 0 Å². The van der Waals surface area contributed by atoms with Gasteiger partial charge in [0, 0.05) is 23.9 Å². The first kappa shape index (κ1) is 18.9. The van der Waals surface area contributed by atoms with Crippen molar-refractivity contribution < 1.29 is 18.0 Å². The lowest BCUT2D eigenvalue weighted by atomic mass is 9.95. The number of hydrogen-bond acceptors (Lipinski definition) is 5. The van der Waals surface area contributed by atoms with Crippen molar-refractivity contribution in [3.63, 3.8) is 0 Å². The van der Waals surface area contributed by atoms with Gasteiger partial charge in [-0.2, -0.15) is 0 Å². The second-order valence-electron chi connectivity index (χ2n) is 8.05. The number of carbonyl (C=O) groups is 2. The van der Waals surface area contributed by atoms with E-state index in [2.05, 4.69) is 11.4 Å². The molecule has 0 unspecified atom stereocenters. The topological polar surface area (TPSA) is 83.6 Å². The number of rotatable bonds is 5. The summed E-state index contributed by atoms with van der Waals surface area (Å²) in [5.74, 6) is 0.0844. The van der Waals surface area contributed by atoms with E-state index in [1.54, 1.807) is 16.2 Å². The predicted molar refractivity (Wildman–Crippen MR) is 104 cm³/mol. The smallest absolute Gasteiger partial charge is 0.225 e. The van der Waals surface area contributed by atoms with E-state index in [1.165, 1.54) is 17.7 Å². The summed E-state index contributed by atoms with van der Waals surface area (Å²) in [5.41, 5.74) is 0. The van der Waals surface area contributed by atoms with Crippen LogP contribution in [0.2, 0.25) is 0 Å². The normalized spacial score (nSPS) is 29.3. The quantitative estimate of drug-likeness (QED) is 0.806. The van der Waals surface area contributed by atoms with Gasteiger partial charge in [0.25, 0.3) is 0 Å². The van der Waals surface area contributed by atoms with Crippen LogP contribution in [0.3, 0.4) is 0 Å². The van der Waals surface area contributed by atoms with Crippen LogP contribution in [-0.2, 0) is 19.4 Å². The molecule has 3 fully saturated rings. The second kappa shape index (κ2) is 7.54. The average Bonchev–Trinajstić information content (AvgIpc) is 3.40. The zero-order valence-corrected chi connectivity index (χ0v) is 16.9. The predicted octanol–water partition coefficient (Wildman–Crippen LogP) is 2.13. The molecule has 1 N–H and O–H groups in total. The number of nitrogens with one attached hydrogen (secondary N) is 1. The minimum absolute atomic E-state index is 0.0241. The summed E-state index contributed by atoms with van der Waals surface area (Å²) in [4.78, 5) is 28.2. The van der Waals surface area contributed by atoms with Crippen molar-refractivity contribution in [2.45, 2.75) is 50.6 Å². The number of hydrogen-bond donors (Lipinski definition) is 1. The summed E-state index contributed by atoms with van der Waals surface area (Å²) >= 11 is 1.66. The maximum atomic E-state index is 12.9. The summed E-state index contributed by atoms with van der Waals surface area (Å²) < 4.78 is 23.5. The van der Waals surface area contributed by atoms with Crippen molar-refractivity contribution in [3.05, 3.63) is 22.4 Å². The Morgan fingerprint density at radius 2 is 2.04 bits per heavy atom. The first-order valence-corrected chi connectivity index (χ1v) is 12.5. The van der Waals surface area contributed by atoms with Crippen LogP contribution in [0.4, 0.5) is 0 Å². The van der Waals surface area contributed by atoms with Crippen molar-refractivity contribution in [2.75, 3.05) is 18.1 Å². The minimum Gasteiger partial charge on any atom is -0.348 e. The molecular weight excluding hydrogens is 384 g/mol. The largest absolute Gasteiger partial charge is 0.348 e. The van der Waals surface area contributed by atoms with Crippen molar-refractivity contribution in [3.8, 4) is 0 Å². The monoisotopic (exact) mass is 410 g/mol. The van der Waals surface area contributed by atoms with Gasteiger partial charge in [0.05, 0.1) is 23.5 Å². The molecule has 2 saturated heterocycles. The molecule has 148 valence electrons. The third-order valence-electron chi connectivity index (χ3n) is 6.20. The number of sulfone groups is 1. The van der Waals surface area contributed by atoms with Gasteiger partial charge in [-0.15, -0.1) is 11.3 Å². The van der Waals surface area contributed by atoms with E-state index < -0.39 is 9.84 Å². The van der Waals surface area contributed by atoms with Gasteiger partial charge in [0.2, 0.25) is 11.8 Å². The number of likely N-dealkylation sites (tertiary alicyclic amines) is 1. The van der Waals surface area contributed by atoms with Gasteiger partial charge in [-0.25, -0.2) is 8.42 Å². The Labute approximate surface area is 164 Å². The third kappa shape index (κ3) is 4.06. The molecule has 3 atom stereocenters. The van der Waals surface area contributed by atoms with Gasteiger partial charge < -0.3 is 10.2 Å². The van der Waals surface area contributed by atoms with Crippen LogP contribution in [0.5, 0.6) is 0 Å². The molecule has 2 aliphatic heterocycles. The Hall–Kier alpha value is -1.41. The molecule has 1 aliphatic carbocycles. The van der Waals surface area contributed by atoms with Gasteiger partial charge in [-0.3, -0.25) is 9.59 Å². The molecule has 2 amide bonds. The molecule has 3 heterocycles. The molecule has 1 saturated carbocycles. The highest BCUT2D eigenvalue weighted by Gasteiger charge is 2.42. The minimum atomic E-state index is -3.05. The summed E-state index contributed by atoms with van der Waals surface area (Å²) in [6.45, 7) is 0.340. The molecule has 0 aromatic carbocycles. The molecule has 1 aromatic heterocycles. The van der Waals surface area contributed by atoms with Crippen LogP contribution in [0, 0.1) is 11.8 Å². The summed E-state index contributed by atoms with van der Waals surface area (Å²) in [7, 11) is -3.05. The zero-order chi connectivity index (χ0) is 19.0. The molecule has 1 aromatic rings. The highest BCUT2D eigenvalue weighted by molar-refractivity contribution is 7.91. The fraction of sp³-hybridized carbons (Fsp3) is 0.684. The Balaban J connectivity index is 1.42. The highest BCUT2D eigenvalue weighted by atomic mass is 32.2. The zero-order valence-electron chi connectivity index (χ0n) is 15.3. The molecule has 4 rings (SSSR count). The molecular formula is C19H26N2O4S2. The number of nitrogens with zero attached hydrogens (tertiary/aromatic N) is 1. The van der Waals surface area contributed by atoms with Crippen LogP contribution in [0.1, 0.15) is 49.4 Å². The Morgan fingerprint density at radius 3 is 2.67 bits per heavy atom. The van der Waals surface area contributed by atoms with Crippen LogP contribution >= 0.6 is 11.3 Å². The summed E-state index contributed by atoms with van der Waals surface area (Å²) in [5, 5.41) is 5.26. The van der Waals surface area contributed by atoms with Gasteiger partial charge in [0.15, 0.2) is 9.84 Å². The van der Waals surface area contributed by atoms with Gasteiger partial charge in [-0.1, -0.05) is 18.9 Å². The molecule has 0 bridgehead atoms. The van der Waals surface area contributed by atoms with E-state index in [0.29, 0.717) is 18.9 Å². The molecule has 0 radical (unpaired) electrons. The summed E-state index contributed by atoms with van der Waals surface area (Å²) in [6.07, 6.45) is 5.33. The van der Waals surface area contributed by atoms with E-state index in [0.717, 1.165) is 12.8 Å². The van der Waals surface area contributed by atoms with E-state index in [-0.39, 0.29) is 47.7 Å². The fourth-order valence-electron chi connectivity index (χ4n) is 4.73. The molecule has 3 aliphatic rings. The van der Waals surface area contributed by atoms with Crippen LogP contribution in [0.25, 0.3) is 0 Å². The van der Waals surface area contributed by atoms with Gasteiger partial charge in [-0.05, 0) is 36.6 Å². The number of carbonyl (C=O) groups excluding carboxylic acids is 2. The van der Waals surface area contributed by atoms with E-state index in [1.807, 2.05) is 11.4 Å². The van der Waals surface area contributed by atoms with Crippen molar-refractivity contribution >= 4 is 33.0 Å². The average molecular weight is 411 g/mol. The van der Waals surface area contributed by atoms with E-state index in [9.17, 15) is 18.0 Å². The van der Waals surface area contributed by atoms with Crippen molar-refractivity contribution in [2.24, 2.45) is 11.8 Å². The van der Waals surface area contributed by atoms with Crippen molar-refractivity contribution in [1.82, 2.24) is 10.2 Å². The first-order chi connectivity index (χ1) is 12.9. The Kier molecular flexibility index (Phi) is 5.29. The Bertz CT molecular complexity index is 800. The molecule has 27 heavy (non-hydrogen) atoms. The van der Waals surface area contributed by atoms with Gasteiger partial charge in [0.1, 0.15) is 0 Å². The SMILES string of the molecule is O=C(N[C@H](c1cccs1)C1CCCC1)[C@H]1CC(=O)N([C@H]2CCS(=O)(=O)C2)C1. The van der Waals surface area contributed by atoms with Crippen LogP contribution in [0.15, 0.2) is 17.5 Å². The maximum Gasteiger partial charge on any atom is 0.225 e. The first-order valence-electron chi connectivity index (χ1n) is 9.76. The van der Waals surface area contributed by atoms with Crippen molar-refractivity contribution in [1.29, 1.82) is 0 Å². The maximum absolute atomic E-state index is 12.9. The molecule has 8 heteroatoms. The molecule has 0 spiro atoms. The fourth-order valence-corrected chi connectivity index (χ4v) is 7.33. The standard InChI is InChI=1S/C19H26N2O4S2/c22-17-10-14(11-21(17)15-7-9-27(24,25)12-15)19(23)20-18(13-4-1-2-5-13)16-6-3-8-26-16/h3,6,8,13-15,18H,1-2,4-5,7,9-12H2,(H,20,23)/t14-,15-,18-/m0/s1. The number of amides is 2. The van der Waals surface area contributed by atoms with Crippen LogP contribution < -0.4 is 5.32 Å². The van der Waals surface area contributed by atoms with E-state index >= 15 is 0 Å². The highest BCUT2D eigenvalue weighted by Crippen LogP contribution is 2.38. The lowest BCUT2D eigenvalue weighted by molar-refractivity contribution is -0.130. The second-order valence-corrected chi connectivity index (χ2v) is 11.3. The summed E-state index contributed by atoms with van der Waals surface area (Å²) in [6, 6.07) is 3.85. The number of thiophene rings is 1. The Morgan fingerprint density at radius 1 is 1.26 bits per heavy atom. The lowest BCUT2D eigenvalue weighted by Crippen LogP contribution is -2.40. The third-order valence-corrected chi connectivity index (χ3v) is 8.90. The molecule has 6 nitrogen and oxygen atoms in total. The lowest BCUT2D eigenvalue weighted by Gasteiger charge is -2.26. The van der Waals surface area contributed by atoms with E-state index in [4.69, 9.17) is 0 Å².